The molecule has 0 aliphatic heterocycles. The van der Waals surface area contributed by atoms with Gasteiger partial charge in [0.25, 0.3) is 0 Å². The van der Waals surface area contributed by atoms with Crippen LogP contribution in [-0.4, -0.2) is 18.8 Å². The van der Waals surface area contributed by atoms with Crippen LogP contribution in [0.2, 0.25) is 0 Å². The van der Waals surface area contributed by atoms with Gasteiger partial charge in [0.15, 0.2) is 0 Å². The number of benzene rings is 1. The van der Waals surface area contributed by atoms with Crippen molar-refractivity contribution in [1.29, 1.82) is 0 Å². The van der Waals surface area contributed by atoms with Crippen molar-refractivity contribution in [1.82, 2.24) is 0 Å². The SMILES string of the molecule is CCOc1cccc(CCC(N)C(F)(F)F)c1. The third-order valence-electron chi connectivity index (χ3n) is 2.37. The van der Waals surface area contributed by atoms with Crippen LogP contribution in [0.25, 0.3) is 0 Å². The second-order valence-electron chi connectivity index (χ2n) is 3.77. The number of rotatable bonds is 5. The molecule has 5 heteroatoms. The number of hydrogen-bond donors (Lipinski definition) is 1. The van der Waals surface area contributed by atoms with Crippen molar-refractivity contribution in [2.75, 3.05) is 6.61 Å². The summed E-state index contributed by atoms with van der Waals surface area (Å²) < 4.78 is 41.9. The summed E-state index contributed by atoms with van der Waals surface area (Å²) in [6, 6.07) is 5.28. The Kier molecular flexibility index (Phi) is 4.81. The van der Waals surface area contributed by atoms with Crippen LogP contribution in [-0.2, 0) is 6.42 Å². The molecular formula is C12H16F3NO. The van der Waals surface area contributed by atoms with E-state index in [0.29, 0.717) is 18.8 Å². The predicted molar refractivity (Wildman–Crippen MR) is 60.0 cm³/mol. The van der Waals surface area contributed by atoms with Crippen molar-refractivity contribution < 1.29 is 17.9 Å². The first-order chi connectivity index (χ1) is 7.93. The highest BCUT2D eigenvalue weighted by atomic mass is 19.4. The molecule has 1 atom stereocenters. The second kappa shape index (κ2) is 5.91. The van der Waals surface area contributed by atoms with E-state index in [1.807, 2.05) is 6.92 Å². The van der Waals surface area contributed by atoms with Crippen LogP contribution in [0.1, 0.15) is 18.9 Å². The molecule has 0 bridgehead atoms. The Labute approximate surface area is 98.6 Å². The van der Waals surface area contributed by atoms with E-state index in [1.165, 1.54) is 0 Å². The Morgan fingerprint density at radius 1 is 1.35 bits per heavy atom. The molecule has 96 valence electrons. The van der Waals surface area contributed by atoms with Gasteiger partial charge in [0.2, 0.25) is 0 Å². The van der Waals surface area contributed by atoms with Gasteiger partial charge in [0.1, 0.15) is 11.8 Å². The summed E-state index contributed by atoms with van der Waals surface area (Å²) in [5.74, 6) is 0.672. The van der Waals surface area contributed by atoms with E-state index in [0.717, 1.165) is 5.56 Å². The van der Waals surface area contributed by atoms with Crippen molar-refractivity contribution >= 4 is 0 Å². The molecule has 0 spiro atoms. The van der Waals surface area contributed by atoms with E-state index in [2.05, 4.69) is 0 Å². The molecule has 17 heavy (non-hydrogen) atoms. The molecule has 0 saturated carbocycles. The number of hydrogen-bond acceptors (Lipinski definition) is 2. The molecule has 0 radical (unpaired) electrons. The van der Waals surface area contributed by atoms with Crippen LogP contribution in [0, 0.1) is 0 Å². The zero-order valence-electron chi connectivity index (χ0n) is 9.63. The summed E-state index contributed by atoms with van der Waals surface area (Å²) in [5.41, 5.74) is 5.84. The van der Waals surface area contributed by atoms with Crippen molar-refractivity contribution in [2.45, 2.75) is 32.0 Å². The summed E-state index contributed by atoms with van der Waals surface area (Å²) in [4.78, 5) is 0. The maximum absolute atomic E-state index is 12.2. The fraction of sp³-hybridized carbons (Fsp3) is 0.500. The fourth-order valence-corrected chi connectivity index (χ4v) is 1.44. The highest BCUT2D eigenvalue weighted by Crippen LogP contribution is 2.22. The lowest BCUT2D eigenvalue weighted by Crippen LogP contribution is -2.37. The predicted octanol–water partition coefficient (Wildman–Crippen LogP) is 2.91. The molecule has 1 aromatic rings. The minimum absolute atomic E-state index is 0.112. The van der Waals surface area contributed by atoms with Crippen LogP contribution < -0.4 is 10.5 Å². The largest absolute Gasteiger partial charge is 0.494 e. The van der Waals surface area contributed by atoms with E-state index >= 15 is 0 Å². The Balaban J connectivity index is 2.54. The monoisotopic (exact) mass is 247 g/mol. The van der Waals surface area contributed by atoms with Gasteiger partial charge in [-0.3, -0.25) is 0 Å². The van der Waals surface area contributed by atoms with E-state index < -0.39 is 12.2 Å². The van der Waals surface area contributed by atoms with Gasteiger partial charge in [0, 0.05) is 0 Å². The lowest BCUT2D eigenvalue weighted by Gasteiger charge is -2.15. The average molecular weight is 247 g/mol. The maximum atomic E-state index is 12.2. The first-order valence-corrected chi connectivity index (χ1v) is 5.47. The molecule has 0 saturated heterocycles. The quantitative estimate of drug-likeness (QED) is 0.868. The molecule has 2 N–H and O–H groups in total. The average Bonchev–Trinajstić information content (AvgIpc) is 2.25. The molecule has 0 fully saturated rings. The topological polar surface area (TPSA) is 35.2 Å². The Morgan fingerprint density at radius 3 is 2.65 bits per heavy atom. The van der Waals surface area contributed by atoms with Crippen LogP contribution in [0.15, 0.2) is 24.3 Å². The van der Waals surface area contributed by atoms with Gasteiger partial charge in [0.05, 0.1) is 6.61 Å². The fourth-order valence-electron chi connectivity index (χ4n) is 1.44. The first-order valence-electron chi connectivity index (χ1n) is 5.47. The van der Waals surface area contributed by atoms with Gasteiger partial charge in [-0.25, -0.2) is 0 Å². The number of ether oxygens (including phenoxy) is 1. The van der Waals surface area contributed by atoms with Crippen LogP contribution >= 0.6 is 0 Å². The number of alkyl halides is 3. The van der Waals surface area contributed by atoms with Gasteiger partial charge in [-0.1, -0.05) is 12.1 Å². The van der Waals surface area contributed by atoms with Gasteiger partial charge < -0.3 is 10.5 Å². The van der Waals surface area contributed by atoms with Gasteiger partial charge in [-0.2, -0.15) is 13.2 Å². The van der Waals surface area contributed by atoms with Crippen molar-refractivity contribution in [3.63, 3.8) is 0 Å². The highest BCUT2D eigenvalue weighted by Gasteiger charge is 2.35. The summed E-state index contributed by atoms with van der Waals surface area (Å²) in [6.45, 7) is 2.39. The number of halogens is 3. The second-order valence-corrected chi connectivity index (χ2v) is 3.77. The Hall–Kier alpha value is -1.23. The number of aryl methyl sites for hydroxylation is 1. The summed E-state index contributed by atoms with van der Waals surface area (Å²) in [5, 5.41) is 0. The summed E-state index contributed by atoms with van der Waals surface area (Å²) in [7, 11) is 0. The van der Waals surface area contributed by atoms with Crippen molar-refractivity contribution in [2.24, 2.45) is 5.73 Å². The summed E-state index contributed by atoms with van der Waals surface area (Å²) in [6.07, 6.45) is -4.14. The Morgan fingerprint density at radius 2 is 2.06 bits per heavy atom. The molecule has 1 unspecified atom stereocenters. The maximum Gasteiger partial charge on any atom is 0.403 e. The molecule has 1 aromatic carbocycles. The third-order valence-corrected chi connectivity index (χ3v) is 2.37. The molecule has 0 amide bonds. The minimum atomic E-state index is -4.32. The van der Waals surface area contributed by atoms with Crippen LogP contribution in [0.5, 0.6) is 5.75 Å². The zero-order chi connectivity index (χ0) is 12.9. The standard InChI is InChI=1S/C12H16F3NO/c1-2-17-10-5-3-4-9(8-10)6-7-11(16)12(13,14)15/h3-5,8,11H,2,6-7,16H2,1H3. The lowest BCUT2D eigenvalue weighted by molar-refractivity contribution is -0.148. The van der Waals surface area contributed by atoms with E-state index in [-0.39, 0.29) is 6.42 Å². The normalized spacial score (nSPS) is 13.5. The number of nitrogens with two attached hydrogens (primary N) is 1. The first kappa shape index (κ1) is 13.8. The van der Waals surface area contributed by atoms with Gasteiger partial charge in [-0.05, 0) is 37.5 Å². The van der Waals surface area contributed by atoms with Crippen LogP contribution in [0.3, 0.4) is 0 Å². The lowest BCUT2D eigenvalue weighted by atomic mass is 10.1. The third kappa shape index (κ3) is 4.65. The van der Waals surface area contributed by atoms with E-state index in [9.17, 15) is 13.2 Å². The molecule has 2 nitrogen and oxygen atoms in total. The molecule has 1 rings (SSSR count). The van der Waals surface area contributed by atoms with E-state index in [1.54, 1.807) is 24.3 Å². The molecule has 0 aliphatic carbocycles. The van der Waals surface area contributed by atoms with Crippen molar-refractivity contribution in [3.8, 4) is 5.75 Å². The molecule has 0 heterocycles. The molecule has 0 aromatic heterocycles. The van der Waals surface area contributed by atoms with Crippen molar-refractivity contribution in [3.05, 3.63) is 29.8 Å². The molecular weight excluding hydrogens is 231 g/mol. The van der Waals surface area contributed by atoms with Crippen LogP contribution in [0.4, 0.5) is 13.2 Å². The smallest absolute Gasteiger partial charge is 0.403 e. The molecule has 0 aliphatic rings. The summed E-state index contributed by atoms with van der Waals surface area (Å²) >= 11 is 0. The Bertz CT molecular complexity index is 352. The van der Waals surface area contributed by atoms with Gasteiger partial charge >= 0.3 is 6.18 Å². The highest BCUT2D eigenvalue weighted by molar-refractivity contribution is 5.28. The van der Waals surface area contributed by atoms with E-state index in [4.69, 9.17) is 10.5 Å². The zero-order valence-corrected chi connectivity index (χ0v) is 9.63. The minimum Gasteiger partial charge on any atom is -0.494 e. The van der Waals surface area contributed by atoms with Gasteiger partial charge in [-0.15, -0.1) is 0 Å².